The molecule has 4 nitrogen and oxygen atoms in total. The number of hydrogen-bond donors (Lipinski definition) is 1. The minimum atomic E-state index is -1.02. The molecule has 2 aromatic carbocycles. The van der Waals surface area contributed by atoms with Gasteiger partial charge in [-0.15, -0.1) is 0 Å². The summed E-state index contributed by atoms with van der Waals surface area (Å²) in [4.78, 5) is 15.6. The van der Waals surface area contributed by atoms with Gasteiger partial charge in [-0.3, -0.25) is 4.99 Å². The number of nitrogens with zero attached hydrogens (tertiary/aromatic N) is 2. The molecule has 0 radical (unpaired) electrons. The largest absolute Gasteiger partial charge is 0.478 e. The van der Waals surface area contributed by atoms with Gasteiger partial charge in [0.05, 0.1) is 16.3 Å². The van der Waals surface area contributed by atoms with Gasteiger partial charge in [0.15, 0.2) is 0 Å². The highest BCUT2D eigenvalue weighted by Gasteiger charge is 2.16. The molecule has 7 heteroatoms. The van der Waals surface area contributed by atoms with Crippen molar-refractivity contribution in [3.05, 3.63) is 78.9 Å². The van der Waals surface area contributed by atoms with E-state index < -0.39 is 5.97 Å². The second-order valence-corrected chi connectivity index (χ2v) is 8.06. The van der Waals surface area contributed by atoms with Gasteiger partial charge in [0.2, 0.25) is 0 Å². The van der Waals surface area contributed by atoms with Crippen molar-refractivity contribution in [2.75, 3.05) is 0 Å². The maximum Gasteiger partial charge on any atom is 0.335 e. The third-order valence-corrected chi connectivity index (χ3v) is 6.07. The predicted molar refractivity (Wildman–Crippen MR) is 116 cm³/mol. The summed E-state index contributed by atoms with van der Waals surface area (Å²) in [6.45, 7) is 4.03. The second kappa shape index (κ2) is 8.00. The molecule has 0 fully saturated rings. The van der Waals surface area contributed by atoms with E-state index in [0.29, 0.717) is 10.7 Å². The van der Waals surface area contributed by atoms with Crippen LogP contribution in [-0.2, 0) is 0 Å². The zero-order chi connectivity index (χ0) is 19.7. The Balaban J connectivity index is 2.05. The van der Waals surface area contributed by atoms with E-state index in [1.807, 2.05) is 38.1 Å². The maximum atomic E-state index is 11.2. The quantitative estimate of drug-likeness (QED) is 0.396. The van der Waals surface area contributed by atoms with Crippen molar-refractivity contribution in [3.63, 3.8) is 0 Å². The van der Waals surface area contributed by atoms with Crippen LogP contribution in [0.1, 0.15) is 27.3 Å². The summed E-state index contributed by atoms with van der Waals surface area (Å²) in [5, 5.41) is 9.55. The van der Waals surface area contributed by atoms with E-state index in [9.17, 15) is 4.79 Å². The highest BCUT2D eigenvalue weighted by Crippen LogP contribution is 2.31. The molecule has 0 saturated carbocycles. The Morgan fingerprint density at radius 2 is 1.78 bits per heavy atom. The Bertz CT molecular complexity index is 1060. The first-order valence-corrected chi connectivity index (χ1v) is 9.96. The molecule has 3 aromatic rings. The molecule has 0 aliphatic carbocycles. The van der Waals surface area contributed by atoms with Crippen LogP contribution >= 0.6 is 43.5 Å². The zero-order valence-electron chi connectivity index (χ0n) is 14.5. The molecule has 27 heavy (non-hydrogen) atoms. The minimum absolute atomic E-state index is 0.144. The number of halogens is 3. The van der Waals surface area contributed by atoms with Crippen molar-refractivity contribution in [1.82, 2.24) is 4.57 Å². The first-order chi connectivity index (χ1) is 12.8. The van der Waals surface area contributed by atoms with Crippen LogP contribution in [-0.4, -0.2) is 21.9 Å². The van der Waals surface area contributed by atoms with Gasteiger partial charge in [-0.05, 0) is 72.2 Å². The molecule has 138 valence electrons. The SMILES string of the molecule is Cc1c(Br)c(C=Nc2cc(C(=O)O)ccc2Cl)c(C)n1-c1ccc(Br)cc1. The molecule has 3 rings (SSSR count). The highest BCUT2D eigenvalue weighted by atomic mass is 79.9. The normalized spacial score (nSPS) is 11.3. The number of benzene rings is 2. The number of carboxylic acid groups (broad SMARTS) is 1. The van der Waals surface area contributed by atoms with Crippen LogP contribution in [0.5, 0.6) is 0 Å². The first kappa shape index (κ1) is 19.9. The van der Waals surface area contributed by atoms with Crippen LogP contribution in [0.3, 0.4) is 0 Å². The lowest BCUT2D eigenvalue weighted by molar-refractivity contribution is 0.0697. The van der Waals surface area contributed by atoms with Gasteiger partial charge in [-0.1, -0.05) is 27.5 Å². The topological polar surface area (TPSA) is 54.6 Å². The van der Waals surface area contributed by atoms with E-state index in [1.165, 1.54) is 18.2 Å². The molecule has 0 bridgehead atoms. The van der Waals surface area contributed by atoms with Gasteiger partial charge >= 0.3 is 5.97 Å². The van der Waals surface area contributed by atoms with Crippen LogP contribution in [0, 0.1) is 13.8 Å². The van der Waals surface area contributed by atoms with Gasteiger partial charge < -0.3 is 9.67 Å². The molecule has 1 heterocycles. The van der Waals surface area contributed by atoms with Crippen molar-refractivity contribution in [2.45, 2.75) is 13.8 Å². The molecule has 0 saturated heterocycles. The fourth-order valence-electron chi connectivity index (χ4n) is 2.83. The van der Waals surface area contributed by atoms with E-state index >= 15 is 0 Å². The standard InChI is InChI=1S/C20H15Br2ClN2O2/c1-11-16(10-24-18-9-13(20(26)27)3-8-17(18)23)19(22)12(2)25(11)15-6-4-14(21)5-7-15/h3-10H,1-2H3,(H,26,27). The first-order valence-electron chi connectivity index (χ1n) is 8.00. The summed E-state index contributed by atoms with van der Waals surface area (Å²) < 4.78 is 4.08. The molecule has 0 spiro atoms. The Labute approximate surface area is 178 Å². The molecule has 0 aliphatic heterocycles. The predicted octanol–water partition coefficient (Wildman–Crippen LogP) is 6.72. The summed E-state index contributed by atoms with van der Waals surface area (Å²) in [5.41, 5.74) is 4.56. The summed E-state index contributed by atoms with van der Waals surface area (Å²) in [6.07, 6.45) is 1.70. The molecule has 0 aliphatic rings. The lowest BCUT2D eigenvalue weighted by Crippen LogP contribution is -1.99. The van der Waals surface area contributed by atoms with Gasteiger partial charge in [0, 0.05) is 37.8 Å². The molecular weight excluding hydrogens is 495 g/mol. The number of aromatic nitrogens is 1. The third-order valence-electron chi connectivity index (χ3n) is 4.23. The van der Waals surface area contributed by atoms with Gasteiger partial charge in [-0.25, -0.2) is 4.79 Å². The number of carbonyl (C=O) groups is 1. The van der Waals surface area contributed by atoms with Gasteiger partial charge in [0.1, 0.15) is 0 Å². The Kier molecular flexibility index (Phi) is 5.89. The van der Waals surface area contributed by atoms with Crippen molar-refractivity contribution in [1.29, 1.82) is 0 Å². The van der Waals surface area contributed by atoms with E-state index in [2.05, 4.69) is 41.4 Å². The van der Waals surface area contributed by atoms with Gasteiger partial charge in [-0.2, -0.15) is 0 Å². The number of aliphatic imine (C=N–C) groups is 1. The molecule has 0 atom stereocenters. The van der Waals surface area contributed by atoms with E-state index in [4.69, 9.17) is 16.7 Å². The molecule has 1 N–H and O–H groups in total. The third kappa shape index (κ3) is 4.03. The fourth-order valence-corrected chi connectivity index (χ4v) is 3.83. The Hall–Kier alpha value is -1.89. The summed E-state index contributed by atoms with van der Waals surface area (Å²) in [7, 11) is 0. The Morgan fingerprint density at radius 1 is 1.11 bits per heavy atom. The number of aromatic carboxylic acids is 1. The highest BCUT2D eigenvalue weighted by molar-refractivity contribution is 9.10. The van der Waals surface area contributed by atoms with Crippen LogP contribution in [0.2, 0.25) is 5.02 Å². The number of carboxylic acids is 1. The number of hydrogen-bond acceptors (Lipinski definition) is 2. The fraction of sp³-hybridized carbons (Fsp3) is 0.100. The minimum Gasteiger partial charge on any atom is -0.478 e. The Morgan fingerprint density at radius 3 is 2.41 bits per heavy atom. The second-order valence-electron chi connectivity index (χ2n) is 5.94. The average molecular weight is 511 g/mol. The zero-order valence-corrected chi connectivity index (χ0v) is 18.4. The lowest BCUT2D eigenvalue weighted by atomic mass is 10.2. The summed E-state index contributed by atoms with van der Waals surface area (Å²) >= 11 is 13.3. The van der Waals surface area contributed by atoms with Crippen LogP contribution in [0.25, 0.3) is 5.69 Å². The van der Waals surface area contributed by atoms with E-state index in [0.717, 1.165) is 31.6 Å². The van der Waals surface area contributed by atoms with Crippen LogP contribution in [0.4, 0.5) is 5.69 Å². The van der Waals surface area contributed by atoms with Gasteiger partial charge in [0.25, 0.3) is 0 Å². The molecule has 0 amide bonds. The van der Waals surface area contributed by atoms with Crippen molar-refractivity contribution < 1.29 is 9.90 Å². The van der Waals surface area contributed by atoms with Crippen molar-refractivity contribution in [3.8, 4) is 5.69 Å². The smallest absolute Gasteiger partial charge is 0.335 e. The van der Waals surface area contributed by atoms with Crippen LogP contribution in [0.15, 0.2) is 56.4 Å². The lowest BCUT2D eigenvalue weighted by Gasteiger charge is -2.09. The van der Waals surface area contributed by atoms with Crippen molar-refractivity contribution in [2.24, 2.45) is 4.99 Å². The van der Waals surface area contributed by atoms with Crippen molar-refractivity contribution >= 4 is 61.3 Å². The number of rotatable bonds is 4. The summed E-state index contributed by atoms with van der Waals surface area (Å²) in [6, 6.07) is 12.5. The summed E-state index contributed by atoms with van der Waals surface area (Å²) in [5.74, 6) is -1.02. The molecule has 0 unspecified atom stereocenters. The van der Waals surface area contributed by atoms with E-state index in [1.54, 1.807) is 6.21 Å². The molecular formula is C20H15Br2ClN2O2. The molecule has 1 aromatic heterocycles. The maximum absolute atomic E-state index is 11.2. The van der Waals surface area contributed by atoms with E-state index in [-0.39, 0.29) is 5.56 Å². The monoisotopic (exact) mass is 508 g/mol. The average Bonchev–Trinajstić information content (AvgIpc) is 2.84. The van der Waals surface area contributed by atoms with Crippen LogP contribution < -0.4 is 0 Å².